The van der Waals surface area contributed by atoms with E-state index in [0.29, 0.717) is 18.6 Å². The molecule has 208 valence electrons. The van der Waals surface area contributed by atoms with Crippen LogP contribution in [0.1, 0.15) is 57.3 Å². The van der Waals surface area contributed by atoms with Crippen molar-refractivity contribution in [3.63, 3.8) is 0 Å². The second kappa shape index (κ2) is 12.8. The minimum atomic E-state index is -5.08. The number of hydrogen-bond donors (Lipinski definition) is 1. The molecule has 39 heavy (non-hydrogen) atoms. The van der Waals surface area contributed by atoms with Crippen molar-refractivity contribution < 1.29 is 35.9 Å². The van der Waals surface area contributed by atoms with Crippen molar-refractivity contribution in [2.75, 3.05) is 13.1 Å². The minimum absolute atomic E-state index is 0.00442. The van der Waals surface area contributed by atoms with Gasteiger partial charge in [0.25, 0.3) is 11.8 Å². The highest BCUT2D eigenvalue weighted by Crippen LogP contribution is 2.36. The molecular weight excluding hydrogens is 524 g/mol. The highest BCUT2D eigenvalue weighted by molar-refractivity contribution is 5.95. The van der Waals surface area contributed by atoms with Crippen LogP contribution in [0.5, 0.6) is 0 Å². The number of alkyl halides is 6. The fraction of sp³-hybridized carbons (Fsp3) is 0.321. The van der Waals surface area contributed by atoms with Crippen LogP contribution in [-0.4, -0.2) is 40.8 Å². The third-order valence-corrected chi connectivity index (χ3v) is 5.98. The third-order valence-electron chi connectivity index (χ3n) is 5.98. The lowest BCUT2D eigenvalue weighted by atomic mass is 9.98. The Hall–Kier alpha value is -3.89. The first-order valence-corrected chi connectivity index (χ1v) is 12.2. The van der Waals surface area contributed by atoms with Crippen LogP contribution in [0.4, 0.5) is 26.3 Å². The first-order chi connectivity index (χ1) is 18.4. The van der Waals surface area contributed by atoms with Crippen LogP contribution in [-0.2, 0) is 18.8 Å². The summed E-state index contributed by atoms with van der Waals surface area (Å²) in [4.78, 5) is 31.2. The smallest absolute Gasteiger partial charge is 0.351 e. The summed E-state index contributed by atoms with van der Waals surface area (Å²) >= 11 is 0. The highest BCUT2D eigenvalue weighted by atomic mass is 19.4. The van der Waals surface area contributed by atoms with Crippen LogP contribution in [0, 0.1) is 0 Å². The Balaban J connectivity index is 1.93. The quantitative estimate of drug-likeness (QED) is 0.297. The molecule has 1 heterocycles. The van der Waals surface area contributed by atoms with Gasteiger partial charge in [-0.2, -0.15) is 26.3 Å². The maximum Gasteiger partial charge on any atom is 0.416 e. The number of rotatable bonds is 10. The van der Waals surface area contributed by atoms with Crippen molar-refractivity contribution in [1.82, 2.24) is 15.2 Å². The molecule has 0 saturated carbocycles. The van der Waals surface area contributed by atoms with Gasteiger partial charge in [0.05, 0.1) is 11.1 Å². The van der Waals surface area contributed by atoms with Crippen LogP contribution < -0.4 is 5.32 Å². The average Bonchev–Trinajstić information content (AvgIpc) is 2.90. The van der Waals surface area contributed by atoms with Crippen LogP contribution >= 0.6 is 0 Å². The van der Waals surface area contributed by atoms with Crippen molar-refractivity contribution in [2.45, 2.75) is 44.6 Å². The Labute approximate surface area is 221 Å². The Morgan fingerprint density at radius 1 is 0.897 bits per heavy atom. The summed E-state index contributed by atoms with van der Waals surface area (Å²) in [5.41, 5.74) is -2.82. The number of aromatic nitrogens is 1. The molecule has 0 aliphatic rings. The zero-order valence-electron chi connectivity index (χ0n) is 21.0. The highest BCUT2D eigenvalue weighted by Gasteiger charge is 2.38. The predicted molar refractivity (Wildman–Crippen MR) is 133 cm³/mol. The van der Waals surface area contributed by atoms with Crippen molar-refractivity contribution in [1.29, 1.82) is 0 Å². The van der Waals surface area contributed by atoms with E-state index in [9.17, 15) is 35.9 Å². The fourth-order valence-electron chi connectivity index (χ4n) is 4.13. The maximum absolute atomic E-state index is 13.5. The molecule has 0 aliphatic carbocycles. The number of carbonyl (C=O) groups is 2. The maximum atomic E-state index is 13.5. The summed E-state index contributed by atoms with van der Waals surface area (Å²) in [7, 11) is 0. The van der Waals surface area contributed by atoms with Gasteiger partial charge < -0.3 is 10.2 Å². The molecule has 0 unspecified atom stereocenters. The Bertz CT molecular complexity index is 1220. The van der Waals surface area contributed by atoms with Gasteiger partial charge >= 0.3 is 12.4 Å². The molecule has 2 aromatic carbocycles. The summed E-state index contributed by atoms with van der Waals surface area (Å²) in [6, 6.07) is 14.0. The summed E-state index contributed by atoms with van der Waals surface area (Å²) in [6.07, 6.45) is -7.82. The zero-order valence-corrected chi connectivity index (χ0v) is 21.0. The van der Waals surface area contributed by atoms with E-state index in [1.807, 2.05) is 0 Å². The van der Waals surface area contributed by atoms with Crippen molar-refractivity contribution in [3.05, 3.63) is 101 Å². The van der Waals surface area contributed by atoms with Crippen LogP contribution in [0.3, 0.4) is 0 Å². The molecule has 0 bridgehead atoms. The lowest BCUT2D eigenvalue weighted by Crippen LogP contribution is -2.44. The molecule has 0 radical (unpaired) electrons. The lowest BCUT2D eigenvalue weighted by Gasteiger charge is -2.32. The minimum Gasteiger partial charge on any atom is -0.351 e. The predicted octanol–water partition coefficient (Wildman–Crippen LogP) is 6.40. The Morgan fingerprint density at radius 2 is 1.51 bits per heavy atom. The van der Waals surface area contributed by atoms with Gasteiger partial charge in [0.15, 0.2) is 0 Å². The Kier molecular flexibility index (Phi) is 9.71. The third kappa shape index (κ3) is 8.30. The SMILES string of the molecule is CCCN(C(=O)c1cc(C(F)(F)F)cc(C(F)(F)F)c1)[C@H](CCNC(=O)c1ccccn1)Cc1ccccc1. The van der Waals surface area contributed by atoms with Gasteiger partial charge in [0.1, 0.15) is 5.69 Å². The average molecular weight is 552 g/mol. The number of pyridine rings is 1. The van der Waals surface area contributed by atoms with Crippen LogP contribution in [0.15, 0.2) is 72.9 Å². The first kappa shape index (κ1) is 29.7. The Morgan fingerprint density at radius 3 is 2.05 bits per heavy atom. The molecule has 0 spiro atoms. The number of hydrogen-bond acceptors (Lipinski definition) is 3. The number of nitrogens with one attached hydrogen (secondary N) is 1. The molecule has 3 rings (SSSR count). The second-order valence-electron chi connectivity index (χ2n) is 8.90. The van der Waals surface area contributed by atoms with Crippen molar-refractivity contribution in [3.8, 4) is 0 Å². The number of nitrogens with zero attached hydrogens (tertiary/aromatic N) is 2. The first-order valence-electron chi connectivity index (χ1n) is 12.2. The van der Waals surface area contributed by atoms with Crippen LogP contribution in [0.25, 0.3) is 0 Å². The van der Waals surface area contributed by atoms with Crippen molar-refractivity contribution >= 4 is 11.8 Å². The monoisotopic (exact) mass is 551 g/mol. The second-order valence-corrected chi connectivity index (χ2v) is 8.90. The van der Waals surface area contributed by atoms with E-state index in [1.54, 1.807) is 49.4 Å². The van der Waals surface area contributed by atoms with Crippen molar-refractivity contribution in [2.24, 2.45) is 0 Å². The normalized spacial score (nSPS) is 12.6. The van der Waals surface area contributed by atoms with Gasteiger partial charge in [0, 0.05) is 30.9 Å². The summed E-state index contributed by atoms with van der Waals surface area (Å²) in [5.74, 6) is -1.40. The number of benzene rings is 2. The van der Waals surface area contributed by atoms with Gasteiger partial charge in [-0.1, -0.05) is 43.3 Å². The molecule has 11 heteroatoms. The van der Waals surface area contributed by atoms with Gasteiger partial charge in [-0.25, -0.2) is 0 Å². The molecule has 1 N–H and O–H groups in total. The fourth-order valence-corrected chi connectivity index (χ4v) is 4.13. The van der Waals surface area contributed by atoms with Gasteiger partial charge in [-0.3, -0.25) is 14.6 Å². The van der Waals surface area contributed by atoms with Gasteiger partial charge in [-0.15, -0.1) is 0 Å². The van der Waals surface area contributed by atoms with Crippen LogP contribution in [0.2, 0.25) is 0 Å². The molecule has 0 aliphatic heterocycles. The molecule has 0 saturated heterocycles. The summed E-state index contributed by atoms with van der Waals surface area (Å²) in [6.45, 7) is 1.93. The van der Waals surface area contributed by atoms with E-state index in [-0.39, 0.29) is 37.7 Å². The van der Waals surface area contributed by atoms with E-state index in [1.165, 1.54) is 17.2 Å². The molecule has 1 aromatic heterocycles. The standard InChI is InChI=1S/C28H27F6N3O2/c1-2-14-37(26(39)20-16-21(27(29,30)31)18-22(17-20)28(32,33)34)23(15-19-8-4-3-5-9-19)11-13-36-25(38)24-10-6-7-12-35-24/h3-10,12,16-18,23H,2,11,13-15H2,1H3,(H,36,38)/t23-/m1/s1. The van der Waals surface area contributed by atoms with Gasteiger partial charge in [-0.05, 0) is 55.2 Å². The van der Waals surface area contributed by atoms with Gasteiger partial charge in [0.2, 0.25) is 0 Å². The van der Waals surface area contributed by atoms with E-state index in [2.05, 4.69) is 10.3 Å². The van der Waals surface area contributed by atoms with E-state index in [4.69, 9.17) is 0 Å². The molecule has 1 atom stereocenters. The molecular formula is C28H27F6N3O2. The van der Waals surface area contributed by atoms with E-state index < -0.39 is 46.9 Å². The number of amides is 2. The molecule has 0 fully saturated rings. The largest absolute Gasteiger partial charge is 0.416 e. The number of halogens is 6. The zero-order chi connectivity index (χ0) is 28.6. The lowest BCUT2D eigenvalue weighted by molar-refractivity contribution is -0.143. The number of carbonyl (C=O) groups excluding carboxylic acids is 2. The molecule has 2 amide bonds. The molecule has 5 nitrogen and oxygen atoms in total. The molecule has 3 aromatic rings. The summed E-state index contributed by atoms with van der Waals surface area (Å²) < 4.78 is 80.6. The topological polar surface area (TPSA) is 62.3 Å². The van der Waals surface area contributed by atoms with E-state index >= 15 is 0 Å². The summed E-state index contributed by atoms with van der Waals surface area (Å²) in [5, 5.41) is 2.71. The van der Waals surface area contributed by atoms with E-state index in [0.717, 1.165) is 5.56 Å².